The van der Waals surface area contributed by atoms with Crippen LogP contribution in [-0.2, 0) is 0 Å². The largest absolute Gasteiger partial charge is 0.496 e. The summed E-state index contributed by atoms with van der Waals surface area (Å²) in [6.45, 7) is 0. The van der Waals surface area contributed by atoms with Gasteiger partial charge >= 0.3 is 0 Å². The van der Waals surface area contributed by atoms with Gasteiger partial charge in [0.2, 0.25) is 0 Å². The molecule has 5 heteroatoms. The third-order valence-electron chi connectivity index (χ3n) is 2.53. The molecule has 0 spiro atoms. The summed E-state index contributed by atoms with van der Waals surface area (Å²) in [5.41, 5.74) is 6.43. The molecule has 0 atom stereocenters. The molecule has 100 valence electrons. The Hall–Kier alpha value is -1.88. The number of hydrogen-bond acceptors (Lipinski definition) is 4. The van der Waals surface area contributed by atoms with Crippen LogP contribution in [0.3, 0.4) is 0 Å². The van der Waals surface area contributed by atoms with E-state index in [0.717, 1.165) is 4.47 Å². The van der Waals surface area contributed by atoms with Crippen molar-refractivity contribution in [2.45, 2.75) is 0 Å². The molecule has 2 rings (SSSR count). The smallest absolute Gasteiger partial charge is 0.151 e. The van der Waals surface area contributed by atoms with E-state index >= 15 is 0 Å². The molecule has 0 heterocycles. The Balaban J connectivity index is 2.34. The predicted octanol–water partition coefficient (Wildman–Crippen LogP) is 3.84. The zero-order chi connectivity index (χ0) is 13.8. The fourth-order valence-electron chi connectivity index (χ4n) is 1.56. The fraction of sp³-hybridized carbons (Fsp3) is 0.143. The van der Waals surface area contributed by atoms with Crippen LogP contribution >= 0.6 is 15.9 Å². The van der Waals surface area contributed by atoms with Crippen molar-refractivity contribution < 1.29 is 14.2 Å². The number of rotatable bonds is 4. The van der Waals surface area contributed by atoms with Gasteiger partial charge in [-0.15, -0.1) is 0 Å². The average molecular weight is 324 g/mol. The van der Waals surface area contributed by atoms with E-state index in [2.05, 4.69) is 15.9 Å². The normalized spacial score (nSPS) is 10.1. The van der Waals surface area contributed by atoms with E-state index in [1.165, 1.54) is 0 Å². The van der Waals surface area contributed by atoms with Gasteiger partial charge in [0.1, 0.15) is 17.2 Å². The molecule has 0 saturated carbocycles. The molecule has 0 aromatic heterocycles. The van der Waals surface area contributed by atoms with Gasteiger partial charge in [0.25, 0.3) is 0 Å². The average Bonchev–Trinajstić information content (AvgIpc) is 2.42. The summed E-state index contributed by atoms with van der Waals surface area (Å²) < 4.78 is 17.0. The molecule has 0 unspecified atom stereocenters. The minimum Gasteiger partial charge on any atom is -0.496 e. The lowest BCUT2D eigenvalue weighted by Crippen LogP contribution is -1.93. The van der Waals surface area contributed by atoms with Crippen LogP contribution in [0.15, 0.2) is 40.9 Å². The van der Waals surface area contributed by atoms with E-state index in [0.29, 0.717) is 28.7 Å². The molecule has 0 aliphatic rings. The number of methoxy groups -OCH3 is 2. The maximum atomic E-state index is 5.87. The van der Waals surface area contributed by atoms with E-state index < -0.39 is 0 Å². The minimum absolute atomic E-state index is 0.560. The quantitative estimate of drug-likeness (QED) is 0.868. The number of nitrogen functional groups attached to an aromatic ring is 1. The van der Waals surface area contributed by atoms with Crippen LogP contribution in [0.25, 0.3) is 0 Å². The van der Waals surface area contributed by atoms with Crippen molar-refractivity contribution in [2.24, 2.45) is 0 Å². The number of anilines is 1. The Morgan fingerprint density at radius 3 is 2.05 bits per heavy atom. The standard InChI is InChI=1S/C14H14BrNO3/c1-17-10-6-11(18-2)8-12(7-10)19-14-5-9(15)3-4-13(14)16/h3-8H,16H2,1-2H3. The van der Waals surface area contributed by atoms with Crippen molar-refractivity contribution in [1.29, 1.82) is 0 Å². The summed E-state index contributed by atoms with van der Waals surface area (Å²) in [6, 6.07) is 10.7. The van der Waals surface area contributed by atoms with Gasteiger partial charge in [-0.2, -0.15) is 0 Å². The van der Waals surface area contributed by atoms with Crippen LogP contribution in [0.4, 0.5) is 5.69 Å². The number of benzene rings is 2. The zero-order valence-corrected chi connectivity index (χ0v) is 12.2. The van der Waals surface area contributed by atoms with Crippen LogP contribution in [0.1, 0.15) is 0 Å². The SMILES string of the molecule is COc1cc(OC)cc(Oc2cc(Br)ccc2N)c1. The Kier molecular flexibility index (Phi) is 4.16. The topological polar surface area (TPSA) is 53.7 Å². The molecule has 0 amide bonds. The highest BCUT2D eigenvalue weighted by Gasteiger charge is 2.07. The lowest BCUT2D eigenvalue weighted by Gasteiger charge is -2.11. The van der Waals surface area contributed by atoms with Gasteiger partial charge in [-0.25, -0.2) is 0 Å². The summed E-state index contributed by atoms with van der Waals surface area (Å²) >= 11 is 3.38. The first kappa shape index (κ1) is 13.5. The van der Waals surface area contributed by atoms with Gasteiger partial charge in [-0.1, -0.05) is 15.9 Å². The summed E-state index contributed by atoms with van der Waals surface area (Å²) in [6.07, 6.45) is 0. The van der Waals surface area contributed by atoms with Gasteiger partial charge in [-0.3, -0.25) is 0 Å². The molecule has 0 bridgehead atoms. The van der Waals surface area contributed by atoms with Crippen molar-refractivity contribution >= 4 is 21.6 Å². The number of halogens is 1. The van der Waals surface area contributed by atoms with Crippen LogP contribution in [0.2, 0.25) is 0 Å². The van der Waals surface area contributed by atoms with Crippen molar-refractivity contribution in [3.8, 4) is 23.0 Å². The second-order valence-corrected chi connectivity index (χ2v) is 4.75. The molecule has 0 aliphatic heterocycles. The van der Waals surface area contributed by atoms with Gasteiger partial charge in [-0.05, 0) is 18.2 Å². The minimum atomic E-state index is 0.560. The molecular formula is C14H14BrNO3. The highest BCUT2D eigenvalue weighted by Crippen LogP contribution is 2.34. The first-order chi connectivity index (χ1) is 9.12. The summed E-state index contributed by atoms with van der Waals surface area (Å²) in [5.74, 6) is 2.48. The summed E-state index contributed by atoms with van der Waals surface area (Å²) in [4.78, 5) is 0. The van der Waals surface area contributed by atoms with Crippen molar-refractivity contribution in [1.82, 2.24) is 0 Å². The zero-order valence-electron chi connectivity index (χ0n) is 10.6. The lowest BCUT2D eigenvalue weighted by molar-refractivity contribution is 0.386. The first-order valence-electron chi connectivity index (χ1n) is 5.58. The molecule has 19 heavy (non-hydrogen) atoms. The van der Waals surface area contributed by atoms with Gasteiger partial charge in [0, 0.05) is 22.7 Å². The van der Waals surface area contributed by atoms with E-state index in [-0.39, 0.29) is 0 Å². The maximum absolute atomic E-state index is 5.87. The van der Waals surface area contributed by atoms with Crippen LogP contribution in [-0.4, -0.2) is 14.2 Å². The highest BCUT2D eigenvalue weighted by molar-refractivity contribution is 9.10. The molecule has 0 saturated heterocycles. The molecular weight excluding hydrogens is 310 g/mol. The molecule has 4 nitrogen and oxygen atoms in total. The van der Waals surface area contributed by atoms with Gasteiger partial charge in [0.05, 0.1) is 19.9 Å². The lowest BCUT2D eigenvalue weighted by atomic mass is 10.3. The molecule has 2 N–H and O–H groups in total. The molecule has 2 aromatic rings. The van der Waals surface area contributed by atoms with Crippen LogP contribution in [0.5, 0.6) is 23.0 Å². The predicted molar refractivity (Wildman–Crippen MR) is 78.2 cm³/mol. The third-order valence-corrected chi connectivity index (χ3v) is 3.02. The number of hydrogen-bond donors (Lipinski definition) is 1. The van der Waals surface area contributed by atoms with Crippen molar-refractivity contribution in [3.05, 3.63) is 40.9 Å². The fourth-order valence-corrected chi connectivity index (χ4v) is 1.90. The second-order valence-electron chi connectivity index (χ2n) is 3.83. The van der Waals surface area contributed by atoms with Gasteiger partial charge in [0.15, 0.2) is 5.75 Å². The third kappa shape index (κ3) is 3.32. The van der Waals surface area contributed by atoms with Crippen molar-refractivity contribution in [2.75, 3.05) is 20.0 Å². The molecule has 0 radical (unpaired) electrons. The molecule has 0 aliphatic carbocycles. The number of ether oxygens (including phenoxy) is 3. The van der Waals surface area contributed by atoms with E-state index in [1.54, 1.807) is 44.6 Å². The Morgan fingerprint density at radius 1 is 0.895 bits per heavy atom. The molecule has 2 aromatic carbocycles. The first-order valence-corrected chi connectivity index (χ1v) is 6.37. The second kappa shape index (κ2) is 5.84. The van der Waals surface area contributed by atoms with Gasteiger partial charge < -0.3 is 19.9 Å². The van der Waals surface area contributed by atoms with Crippen LogP contribution < -0.4 is 19.9 Å². The Morgan fingerprint density at radius 2 is 1.47 bits per heavy atom. The van der Waals surface area contributed by atoms with E-state index in [9.17, 15) is 0 Å². The Labute approximate surface area is 120 Å². The number of nitrogens with two attached hydrogens (primary N) is 1. The maximum Gasteiger partial charge on any atom is 0.151 e. The van der Waals surface area contributed by atoms with E-state index in [1.807, 2.05) is 6.07 Å². The monoisotopic (exact) mass is 323 g/mol. The summed E-state index contributed by atoms with van der Waals surface area (Å²) in [5, 5.41) is 0. The Bertz CT molecular complexity index is 565. The van der Waals surface area contributed by atoms with E-state index in [4.69, 9.17) is 19.9 Å². The highest BCUT2D eigenvalue weighted by atomic mass is 79.9. The van der Waals surface area contributed by atoms with Crippen LogP contribution in [0, 0.1) is 0 Å². The summed E-state index contributed by atoms with van der Waals surface area (Å²) in [7, 11) is 3.18. The molecule has 0 fully saturated rings. The van der Waals surface area contributed by atoms with Crippen molar-refractivity contribution in [3.63, 3.8) is 0 Å².